The van der Waals surface area contributed by atoms with Crippen molar-refractivity contribution in [3.8, 4) is 0 Å². The smallest absolute Gasteiger partial charge is 0.305 e. The molecule has 0 bridgehead atoms. The van der Waals surface area contributed by atoms with Crippen LogP contribution in [0, 0.1) is 12.3 Å². The van der Waals surface area contributed by atoms with E-state index in [0.717, 1.165) is 6.42 Å². The van der Waals surface area contributed by atoms with Crippen LogP contribution < -0.4 is 9.60 Å². The van der Waals surface area contributed by atoms with Crippen LogP contribution in [0.25, 0.3) is 0 Å². The van der Waals surface area contributed by atoms with E-state index in [-0.39, 0.29) is 14.5 Å². The van der Waals surface area contributed by atoms with E-state index in [1.54, 1.807) is 14.0 Å². The Kier molecular flexibility index (Phi) is 5.31. The van der Waals surface area contributed by atoms with E-state index in [1.165, 1.54) is 0 Å². The number of aromatic nitrogens is 1. The maximum absolute atomic E-state index is 12.1. The van der Waals surface area contributed by atoms with E-state index in [2.05, 4.69) is 9.71 Å². The number of aryl methyl sites for hydroxylation is 1. The molecular weight excluding hydrogens is 288 g/mol. The fourth-order valence-electron chi connectivity index (χ4n) is 1.47. The minimum atomic E-state index is -3.63. The highest BCUT2D eigenvalue weighted by Gasteiger charge is 2.25. The van der Waals surface area contributed by atoms with Gasteiger partial charge in [0.15, 0.2) is 4.21 Å². The maximum atomic E-state index is 12.1. The van der Waals surface area contributed by atoms with Gasteiger partial charge in [-0.05, 0) is 18.8 Å². The van der Waals surface area contributed by atoms with Crippen LogP contribution in [-0.4, -0.2) is 33.7 Å². The third-order valence-corrected chi connectivity index (χ3v) is 5.75. The molecule has 0 aromatic carbocycles. The monoisotopic (exact) mass is 308 g/mol. The number of nitrogens with one attached hydrogen (secondary N) is 2. The largest absolute Gasteiger partial charge is 0.385 e. The molecule has 0 atom stereocenters. The molecule has 1 aromatic heterocycles. The molecule has 6 nitrogen and oxygen atoms in total. The van der Waals surface area contributed by atoms with E-state index < -0.39 is 10.0 Å². The van der Waals surface area contributed by atoms with Crippen molar-refractivity contribution >= 4 is 21.4 Å². The predicted molar refractivity (Wildman–Crippen MR) is 75.1 cm³/mol. The zero-order chi connectivity index (χ0) is 14.7. The molecular formula is C11H20N2O4S2. The van der Waals surface area contributed by atoms with Crippen LogP contribution in [0.15, 0.2) is 9.00 Å². The van der Waals surface area contributed by atoms with Gasteiger partial charge in [0.05, 0.1) is 0 Å². The summed E-state index contributed by atoms with van der Waals surface area (Å²) in [5.41, 5.74) is 0.162. The molecule has 0 radical (unpaired) electrons. The first-order valence-corrected chi connectivity index (χ1v) is 8.16. The van der Waals surface area contributed by atoms with Gasteiger partial charge in [-0.2, -0.15) is 0 Å². The summed E-state index contributed by atoms with van der Waals surface area (Å²) in [6.07, 6.45) is 0.744. The molecule has 0 saturated heterocycles. The minimum absolute atomic E-state index is 0.0556. The molecule has 0 aliphatic heterocycles. The Morgan fingerprint density at radius 2 is 2.05 bits per heavy atom. The van der Waals surface area contributed by atoms with Crippen molar-refractivity contribution in [1.82, 2.24) is 9.71 Å². The lowest BCUT2D eigenvalue weighted by Crippen LogP contribution is -2.34. The molecule has 8 heteroatoms. The highest BCUT2D eigenvalue weighted by atomic mass is 32.2. The van der Waals surface area contributed by atoms with Gasteiger partial charge in [0.1, 0.15) is 0 Å². The summed E-state index contributed by atoms with van der Waals surface area (Å²) < 4.78 is 31.8. The van der Waals surface area contributed by atoms with Gasteiger partial charge in [0.2, 0.25) is 0 Å². The fraction of sp³-hybridized carbons (Fsp3) is 0.727. The molecule has 0 amide bonds. The Labute approximate surface area is 117 Å². The zero-order valence-corrected chi connectivity index (χ0v) is 13.2. The molecule has 0 unspecified atom stereocenters. The summed E-state index contributed by atoms with van der Waals surface area (Å²) in [6.45, 7) is 6.36. The van der Waals surface area contributed by atoms with Gasteiger partial charge in [-0.25, -0.2) is 13.1 Å². The van der Waals surface area contributed by atoms with Crippen molar-refractivity contribution in [2.45, 2.75) is 31.4 Å². The molecule has 0 fully saturated rings. The zero-order valence-electron chi connectivity index (χ0n) is 11.6. The average molecular weight is 308 g/mol. The van der Waals surface area contributed by atoms with E-state index in [9.17, 15) is 13.2 Å². The third-order valence-electron chi connectivity index (χ3n) is 2.75. The number of methoxy groups -OCH3 is 1. The number of hydrogen-bond donors (Lipinski definition) is 2. The van der Waals surface area contributed by atoms with E-state index >= 15 is 0 Å². The molecule has 1 rings (SSSR count). The van der Waals surface area contributed by atoms with Crippen LogP contribution in [0.2, 0.25) is 0 Å². The maximum Gasteiger partial charge on any atom is 0.305 e. The van der Waals surface area contributed by atoms with Crippen LogP contribution in [-0.2, 0) is 14.8 Å². The molecule has 0 spiro atoms. The topological polar surface area (TPSA) is 88.3 Å². The highest BCUT2D eigenvalue weighted by molar-refractivity contribution is 7.91. The molecule has 1 aromatic rings. The Bertz CT molecular complexity index is 572. The molecule has 0 aliphatic carbocycles. The van der Waals surface area contributed by atoms with Gasteiger partial charge in [0, 0.05) is 26.0 Å². The Morgan fingerprint density at radius 1 is 1.42 bits per heavy atom. The number of H-pyrrole nitrogens is 1. The first-order chi connectivity index (χ1) is 8.68. The predicted octanol–water partition coefficient (Wildman–Crippen LogP) is 1.09. The number of rotatable bonds is 7. The van der Waals surface area contributed by atoms with Crippen LogP contribution in [0.4, 0.5) is 0 Å². The molecule has 19 heavy (non-hydrogen) atoms. The van der Waals surface area contributed by atoms with Crippen molar-refractivity contribution in [3.63, 3.8) is 0 Å². The lowest BCUT2D eigenvalue weighted by Gasteiger charge is -2.24. The van der Waals surface area contributed by atoms with Gasteiger partial charge >= 0.3 is 4.87 Å². The summed E-state index contributed by atoms with van der Waals surface area (Å²) in [4.78, 5) is 13.3. The van der Waals surface area contributed by atoms with Gasteiger partial charge in [-0.1, -0.05) is 25.2 Å². The van der Waals surface area contributed by atoms with Gasteiger partial charge in [0.25, 0.3) is 10.0 Å². The first-order valence-electron chi connectivity index (χ1n) is 5.86. The quantitative estimate of drug-likeness (QED) is 0.789. The molecule has 1 heterocycles. The van der Waals surface area contributed by atoms with Crippen molar-refractivity contribution in [1.29, 1.82) is 0 Å². The van der Waals surface area contributed by atoms with Crippen LogP contribution in [0.3, 0.4) is 0 Å². The first kappa shape index (κ1) is 16.4. The molecule has 110 valence electrons. The summed E-state index contributed by atoms with van der Waals surface area (Å²) in [6, 6.07) is 0. The Morgan fingerprint density at radius 3 is 2.53 bits per heavy atom. The molecule has 0 saturated carbocycles. The average Bonchev–Trinajstić information content (AvgIpc) is 2.65. The molecule has 0 aliphatic rings. The second-order valence-corrected chi connectivity index (χ2v) is 8.10. The number of ether oxygens (including phenoxy) is 1. The Hall–Kier alpha value is -0.700. The summed E-state index contributed by atoms with van der Waals surface area (Å²) >= 11 is 0.703. The molecule has 2 N–H and O–H groups in total. The van der Waals surface area contributed by atoms with E-state index in [0.29, 0.717) is 30.2 Å². The lowest BCUT2D eigenvalue weighted by atomic mass is 9.90. The normalized spacial score (nSPS) is 12.8. The van der Waals surface area contributed by atoms with Crippen LogP contribution >= 0.6 is 11.3 Å². The van der Waals surface area contributed by atoms with Crippen LogP contribution in [0.1, 0.15) is 26.0 Å². The second-order valence-electron chi connectivity index (χ2n) is 5.16. The Balaban J connectivity index is 2.76. The number of aromatic amines is 1. The van der Waals surface area contributed by atoms with Crippen molar-refractivity contribution < 1.29 is 13.2 Å². The standard InChI is InChI=1S/C11H20N2O4S2/c1-8-9(18-10(14)13-8)19(15,16)12-7-11(2,3)5-6-17-4/h12H,5-7H2,1-4H3,(H,13,14). The second kappa shape index (κ2) is 6.17. The summed E-state index contributed by atoms with van der Waals surface area (Å²) in [5.74, 6) is 0. The van der Waals surface area contributed by atoms with Gasteiger partial charge in [-0.3, -0.25) is 4.79 Å². The number of sulfonamides is 1. The van der Waals surface area contributed by atoms with Crippen molar-refractivity contribution in [3.05, 3.63) is 15.4 Å². The van der Waals surface area contributed by atoms with Gasteiger partial charge in [-0.15, -0.1) is 0 Å². The number of thiazole rings is 1. The summed E-state index contributed by atoms with van der Waals surface area (Å²) in [5, 5.41) is 0. The lowest BCUT2D eigenvalue weighted by molar-refractivity contribution is 0.153. The third kappa shape index (κ3) is 4.72. The highest BCUT2D eigenvalue weighted by Crippen LogP contribution is 2.21. The number of hydrogen-bond acceptors (Lipinski definition) is 5. The summed E-state index contributed by atoms with van der Waals surface area (Å²) in [7, 11) is -2.02. The van der Waals surface area contributed by atoms with E-state index in [1.807, 2.05) is 13.8 Å². The fourth-order valence-corrected chi connectivity index (χ4v) is 4.05. The van der Waals surface area contributed by atoms with Crippen molar-refractivity contribution in [2.75, 3.05) is 20.3 Å². The van der Waals surface area contributed by atoms with E-state index in [4.69, 9.17) is 4.74 Å². The minimum Gasteiger partial charge on any atom is -0.385 e. The van der Waals surface area contributed by atoms with Crippen LogP contribution in [0.5, 0.6) is 0 Å². The SMILES string of the molecule is COCCC(C)(C)CNS(=O)(=O)c1sc(=O)[nH]c1C. The van der Waals surface area contributed by atoms with Crippen molar-refractivity contribution in [2.24, 2.45) is 5.41 Å². The van der Waals surface area contributed by atoms with Gasteiger partial charge < -0.3 is 9.72 Å².